The standard InChI is InChI=1S/C24H29N3O5S/c1-15-6-4-5-7-19(15)14-25-24(29)18-8-10-27(11-9-18)33(30,31)22-13-21-20(12-16(22)2)26-23(28)17(3)32-21/h4-7,12-13,17-18H,8-11,14H2,1-3H3,(H,25,29)(H,26,28)/t17-/m0/s1. The summed E-state index contributed by atoms with van der Waals surface area (Å²) in [7, 11) is -3.76. The van der Waals surface area contributed by atoms with Gasteiger partial charge in [-0.2, -0.15) is 4.31 Å². The molecule has 0 saturated carbocycles. The van der Waals surface area contributed by atoms with Gasteiger partial charge in [0.1, 0.15) is 5.75 Å². The fourth-order valence-electron chi connectivity index (χ4n) is 4.25. The number of carbonyl (C=O) groups excluding carboxylic acids is 2. The van der Waals surface area contributed by atoms with Crippen LogP contribution in [0.3, 0.4) is 0 Å². The van der Waals surface area contributed by atoms with Gasteiger partial charge in [-0.3, -0.25) is 9.59 Å². The number of nitrogens with zero attached hydrogens (tertiary/aromatic N) is 1. The SMILES string of the molecule is Cc1ccccc1CNC(=O)C1CCN(S(=O)(=O)c2cc3c(cc2C)NC(=O)[C@H](C)O3)CC1. The van der Waals surface area contributed by atoms with E-state index in [4.69, 9.17) is 4.74 Å². The molecule has 1 saturated heterocycles. The van der Waals surface area contributed by atoms with Gasteiger partial charge in [0.05, 0.1) is 10.6 Å². The lowest BCUT2D eigenvalue weighted by Gasteiger charge is -2.31. The Balaban J connectivity index is 1.41. The molecule has 0 radical (unpaired) electrons. The molecular weight excluding hydrogens is 442 g/mol. The Morgan fingerprint density at radius 2 is 1.85 bits per heavy atom. The largest absolute Gasteiger partial charge is 0.479 e. The van der Waals surface area contributed by atoms with Crippen LogP contribution in [0.25, 0.3) is 0 Å². The van der Waals surface area contributed by atoms with Gasteiger partial charge in [-0.05, 0) is 56.4 Å². The van der Waals surface area contributed by atoms with Crippen molar-refractivity contribution in [3.8, 4) is 5.75 Å². The van der Waals surface area contributed by atoms with Crippen LogP contribution in [-0.2, 0) is 26.2 Å². The predicted molar refractivity (Wildman–Crippen MR) is 124 cm³/mol. The maximum atomic E-state index is 13.3. The summed E-state index contributed by atoms with van der Waals surface area (Å²) >= 11 is 0. The third-order valence-electron chi connectivity index (χ3n) is 6.36. The Morgan fingerprint density at radius 3 is 2.55 bits per heavy atom. The molecule has 0 aliphatic carbocycles. The smallest absolute Gasteiger partial charge is 0.265 e. The molecule has 2 amide bonds. The van der Waals surface area contributed by atoms with Crippen LogP contribution in [0, 0.1) is 19.8 Å². The predicted octanol–water partition coefficient (Wildman–Crippen LogP) is 2.74. The summed E-state index contributed by atoms with van der Waals surface area (Å²) in [5.41, 5.74) is 3.20. The van der Waals surface area contributed by atoms with Crippen LogP contribution in [0.2, 0.25) is 0 Å². The number of hydrogen-bond donors (Lipinski definition) is 2. The minimum atomic E-state index is -3.76. The molecule has 1 fully saturated rings. The molecule has 2 aliphatic heterocycles. The van der Waals surface area contributed by atoms with E-state index in [9.17, 15) is 18.0 Å². The summed E-state index contributed by atoms with van der Waals surface area (Å²) in [5, 5.41) is 5.73. The van der Waals surface area contributed by atoms with Crippen LogP contribution >= 0.6 is 0 Å². The molecule has 8 nitrogen and oxygen atoms in total. The van der Waals surface area contributed by atoms with Crippen molar-refractivity contribution in [3.63, 3.8) is 0 Å². The molecule has 0 aromatic heterocycles. The average Bonchev–Trinajstić information content (AvgIpc) is 2.79. The normalized spacial score (nSPS) is 19.4. The van der Waals surface area contributed by atoms with Crippen LogP contribution < -0.4 is 15.4 Å². The molecule has 2 aromatic carbocycles. The van der Waals surface area contributed by atoms with E-state index in [0.717, 1.165) is 11.1 Å². The molecule has 2 aliphatic rings. The van der Waals surface area contributed by atoms with E-state index in [1.54, 1.807) is 19.9 Å². The van der Waals surface area contributed by atoms with E-state index < -0.39 is 16.1 Å². The van der Waals surface area contributed by atoms with Crippen molar-refractivity contribution in [2.45, 2.75) is 51.2 Å². The zero-order valence-electron chi connectivity index (χ0n) is 19.1. The van der Waals surface area contributed by atoms with Crippen LogP contribution in [0.4, 0.5) is 5.69 Å². The molecule has 9 heteroatoms. The number of piperidine rings is 1. The van der Waals surface area contributed by atoms with E-state index >= 15 is 0 Å². The quantitative estimate of drug-likeness (QED) is 0.698. The topological polar surface area (TPSA) is 105 Å². The van der Waals surface area contributed by atoms with Crippen molar-refractivity contribution in [3.05, 3.63) is 53.1 Å². The number of fused-ring (bicyclic) bond motifs is 1. The molecular formula is C24H29N3O5S. The molecule has 33 heavy (non-hydrogen) atoms. The first-order valence-electron chi connectivity index (χ1n) is 11.1. The second kappa shape index (κ2) is 9.15. The van der Waals surface area contributed by atoms with E-state index in [2.05, 4.69) is 10.6 Å². The molecule has 0 unspecified atom stereocenters. The lowest BCUT2D eigenvalue weighted by atomic mass is 9.97. The summed E-state index contributed by atoms with van der Waals surface area (Å²) in [6, 6.07) is 11.0. The highest BCUT2D eigenvalue weighted by Gasteiger charge is 2.34. The molecule has 2 N–H and O–H groups in total. The first-order chi connectivity index (χ1) is 15.7. The number of amides is 2. The highest BCUT2D eigenvalue weighted by molar-refractivity contribution is 7.89. The van der Waals surface area contributed by atoms with Crippen molar-refractivity contribution in [2.75, 3.05) is 18.4 Å². The highest BCUT2D eigenvalue weighted by Crippen LogP contribution is 2.36. The van der Waals surface area contributed by atoms with E-state index in [0.29, 0.717) is 36.4 Å². The maximum Gasteiger partial charge on any atom is 0.265 e. The Labute approximate surface area is 194 Å². The highest BCUT2D eigenvalue weighted by atomic mass is 32.2. The summed E-state index contributed by atoms with van der Waals surface area (Å²) < 4.78 is 33.7. The van der Waals surface area contributed by atoms with Gasteiger partial charge in [-0.15, -0.1) is 0 Å². The van der Waals surface area contributed by atoms with Gasteiger partial charge in [0, 0.05) is 31.6 Å². The molecule has 176 valence electrons. The van der Waals surface area contributed by atoms with Gasteiger partial charge >= 0.3 is 0 Å². The number of anilines is 1. The fourth-order valence-corrected chi connectivity index (χ4v) is 5.94. The number of nitrogens with one attached hydrogen (secondary N) is 2. The van der Waals surface area contributed by atoms with Crippen LogP contribution in [0.5, 0.6) is 5.75 Å². The van der Waals surface area contributed by atoms with Gasteiger partial charge in [-0.1, -0.05) is 24.3 Å². The lowest BCUT2D eigenvalue weighted by Crippen LogP contribution is -2.43. The van der Waals surface area contributed by atoms with Gasteiger partial charge in [0.2, 0.25) is 15.9 Å². The van der Waals surface area contributed by atoms with Crippen molar-refractivity contribution < 1.29 is 22.7 Å². The third kappa shape index (κ3) is 4.74. The monoisotopic (exact) mass is 471 g/mol. The van der Waals surface area contributed by atoms with E-state index in [-0.39, 0.29) is 35.7 Å². The maximum absolute atomic E-state index is 13.3. The van der Waals surface area contributed by atoms with Gasteiger partial charge < -0.3 is 15.4 Å². The van der Waals surface area contributed by atoms with Crippen molar-refractivity contribution >= 4 is 27.5 Å². The van der Waals surface area contributed by atoms with Crippen LogP contribution in [0.1, 0.15) is 36.5 Å². The van der Waals surface area contributed by atoms with Crippen molar-refractivity contribution in [2.24, 2.45) is 5.92 Å². The Bertz CT molecular complexity index is 1190. The summed E-state index contributed by atoms with van der Waals surface area (Å²) in [4.78, 5) is 24.6. The minimum Gasteiger partial charge on any atom is -0.479 e. The van der Waals surface area contributed by atoms with Gasteiger partial charge in [-0.25, -0.2) is 8.42 Å². The van der Waals surface area contributed by atoms with Crippen molar-refractivity contribution in [1.82, 2.24) is 9.62 Å². The second-order valence-electron chi connectivity index (χ2n) is 8.69. The number of benzene rings is 2. The molecule has 0 spiro atoms. The Morgan fingerprint density at radius 1 is 1.15 bits per heavy atom. The first-order valence-corrected chi connectivity index (χ1v) is 12.6. The average molecular weight is 472 g/mol. The van der Waals surface area contributed by atoms with Crippen LogP contribution in [0.15, 0.2) is 41.3 Å². The van der Waals surface area contributed by atoms with Gasteiger partial charge in [0.25, 0.3) is 5.91 Å². The Hall–Kier alpha value is -2.91. The van der Waals surface area contributed by atoms with E-state index in [1.807, 2.05) is 31.2 Å². The molecule has 2 aromatic rings. The number of hydrogen-bond acceptors (Lipinski definition) is 5. The number of ether oxygens (including phenoxy) is 1. The van der Waals surface area contributed by atoms with Gasteiger partial charge in [0.15, 0.2) is 6.10 Å². The minimum absolute atomic E-state index is 0.0432. The summed E-state index contributed by atoms with van der Waals surface area (Å²) in [6.07, 6.45) is 0.239. The third-order valence-corrected chi connectivity index (χ3v) is 8.41. The second-order valence-corrected chi connectivity index (χ2v) is 10.6. The number of rotatable bonds is 5. The molecule has 1 atom stereocenters. The number of aryl methyl sites for hydroxylation is 2. The number of sulfonamides is 1. The lowest BCUT2D eigenvalue weighted by molar-refractivity contribution is -0.126. The van der Waals surface area contributed by atoms with E-state index in [1.165, 1.54) is 10.4 Å². The zero-order chi connectivity index (χ0) is 23.8. The first kappa shape index (κ1) is 23.3. The zero-order valence-corrected chi connectivity index (χ0v) is 19.9. The summed E-state index contributed by atoms with van der Waals surface area (Å²) in [6.45, 7) is 6.33. The van der Waals surface area contributed by atoms with Crippen LogP contribution in [-0.4, -0.2) is 43.7 Å². The summed E-state index contributed by atoms with van der Waals surface area (Å²) in [5.74, 6) is -0.181. The Kier molecular flexibility index (Phi) is 6.45. The van der Waals surface area contributed by atoms with Crippen molar-refractivity contribution in [1.29, 1.82) is 0 Å². The molecule has 4 rings (SSSR count). The molecule has 0 bridgehead atoms. The molecule has 2 heterocycles. The fraction of sp³-hybridized carbons (Fsp3) is 0.417. The number of carbonyl (C=O) groups is 2.